The molecule has 0 spiro atoms. The number of nitrogen functional groups attached to an aromatic ring is 1. The summed E-state index contributed by atoms with van der Waals surface area (Å²) in [5, 5.41) is 2.67. The van der Waals surface area contributed by atoms with Crippen molar-refractivity contribution in [2.24, 2.45) is 5.73 Å². The van der Waals surface area contributed by atoms with E-state index < -0.39 is 23.7 Å². The number of halogens is 3. The van der Waals surface area contributed by atoms with Gasteiger partial charge < -0.3 is 21.7 Å². The number of nitrogens with zero attached hydrogens (tertiary/aromatic N) is 3. The van der Waals surface area contributed by atoms with E-state index in [9.17, 15) is 18.0 Å². The topological polar surface area (TPSA) is 110 Å². The van der Waals surface area contributed by atoms with Crippen molar-refractivity contribution in [1.82, 2.24) is 9.97 Å². The molecule has 1 aromatic carbocycles. The number of hydrogen-bond acceptors (Lipinski definition) is 6. The van der Waals surface area contributed by atoms with Gasteiger partial charge >= 0.3 is 0 Å². The molecule has 4 rings (SSSR count). The molecule has 0 bridgehead atoms. The highest BCUT2D eigenvalue weighted by Crippen LogP contribution is 2.30. The third kappa shape index (κ3) is 4.35. The van der Waals surface area contributed by atoms with Gasteiger partial charge in [0.05, 0.1) is 34.5 Å². The van der Waals surface area contributed by atoms with E-state index in [1.807, 2.05) is 0 Å². The van der Waals surface area contributed by atoms with E-state index in [0.717, 1.165) is 12.1 Å². The Balaban J connectivity index is 1.65. The minimum absolute atomic E-state index is 0.0252. The van der Waals surface area contributed by atoms with Gasteiger partial charge in [0.15, 0.2) is 5.69 Å². The summed E-state index contributed by atoms with van der Waals surface area (Å²) >= 11 is 0. The van der Waals surface area contributed by atoms with E-state index >= 15 is 0 Å². The van der Waals surface area contributed by atoms with Crippen LogP contribution in [0, 0.1) is 11.6 Å². The van der Waals surface area contributed by atoms with E-state index in [4.69, 9.17) is 11.5 Å². The number of nitrogens with one attached hydrogen (secondary N) is 1. The Morgan fingerprint density at radius 1 is 1.12 bits per heavy atom. The van der Waals surface area contributed by atoms with Gasteiger partial charge in [-0.05, 0) is 36.8 Å². The summed E-state index contributed by atoms with van der Waals surface area (Å²) in [5.74, 6) is -2.33. The van der Waals surface area contributed by atoms with Gasteiger partial charge in [0.1, 0.15) is 17.8 Å². The van der Waals surface area contributed by atoms with Crippen LogP contribution in [0.4, 0.5) is 30.2 Å². The van der Waals surface area contributed by atoms with Gasteiger partial charge in [-0.1, -0.05) is 6.07 Å². The van der Waals surface area contributed by atoms with Crippen molar-refractivity contribution in [3.63, 3.8) is 0 Å². The minimum atomic E-state index is -1.10. The normalized spacial score (nSPS) is 18.4. The molecule has 1 aliphatic rings. The van der Waals surface area contributed by atoms with Crippen molar-refractivity contribution in [1.29, 1.82) is 0 Å². The van der Waals surface area contributed by atoms with Crippen molar-refractivity contribution in [3.05, 3.63) is 66.1 Å². The molecule has 0 aliphatic carbocycles. The number of benzene rings is 1. The van der Waals surface area contributed by atoms with Crippen LogP contribution in [-0.4, -0.2) is 41.2 Å². The zero-order chi connectivity index (χ0) is 22.8. The molecular formula is C22H21F3N6O. The standard InChI is InChI=1S/C22H21F3N6O/c23-12-8-13(26)11-31(10-12)19-6-7-28-9-18(19)30-22(32)21-16(27)4-5-17(29-21)20-14(24)2-1-3-15(20)25/h1-7,9,12-13H,8,10-11,26-27H2,(H,30,32). The molecule has 0 radical (unpaired) electrons. The molecular weight excluding hydrogens is 421 g/mol. The number of carbonyl (C=O) groups is 1. The first-order valence-electron chi connectivity index (χ1n) is 9.94. The van der Waals surface area contributed by atoms with Crippen LogP contribution in [0.1, 0.15) is 16.9 Å². The fourth-order valence-electron chi connectivity index (χ4n) is 3.75. The van der Waals surface area contributed by atoms with Gasteiger partial charge in [-0.2, -0.15) is 0 Å². The average molecular weight is 442 g/mol. The number of alkyl halides is 1. The average Bonchev–Trinajstić information content (AvgIpc) is 2.74. The Bertz CT molecular complexity index is 1130. The molecule has 0 saturated carbocycles. The quantitative estimate of drug-likeness (QED) is 0.573. The van der Waals surface area contributed by atoms with Crippen LogP contribution in [0.2, 0.25) is 0 Å². The van der Waals surface area contributed by atoms with Crippen LogP contribution in [0.3, 0.4) is 0 Å². The van der Waals surface area contributed by atoms with Gasteiger partial charge in [0.25, 0.3) is 5.91 Å². The van der Waals surface area contributed by atoms with Crippen LogP contribution >= 0.6 is 0 Å². The van der Waals surface area contributed by atoms with Crippen molar-refractivity contribution in [2.75, 3.05) is 29.0 Å². The molecule has 3 heterocycles. The summed E-state index contributed by atoms with van der Waals surface area (Å²) in [5.41, 5.74) is 12.1. The fraction of sp³-hybridized carbons (Fsp3) is 0.227. The maximum absolute atomic E-state index is 14.2. The van der Waals surface area contributed by atoms with Crippen LogP contribution in [0.15, 0.2) is 48.8 Å². The predicted octanol–water partition coefficient (Wildman–Crippen LogP) is 3.13. The Hall–Kier alpha value is -3.66. The number of pyridine rings is 2. The number of carbonyl (C=O) groups excluding carboxylic acids is 1. The number of amides is 1. The van der Waals surface area contributed by atoms with E-state index in [-0.39, 0.29) is 41.6 Å². The van der Waals surface area contributed by atoms with Gasteiger partial charge in [0, 0.05) is 25.3 Å². The monoisotopic (exact) mass is 442 g/mol. The van der Waals surface area contributed by atoms with Crippen molar-refractivity contribution in [3.8, 4) is 11.3 Å². The summed E-state index contributed by atoms with van der Waals surface area (Å²) in [6.07, 6.45) is 2.10. The van der Waals surface area contributed by atoms with E-state index in [1.165, 1.54) is 30.6 Å². The minimum Gasteiger partial charge on any atom is -0.397 e. The molecule has 5 N–H and O–H groups in total. The van der Waals surface area contributed by atoms with Gasteiger partial charge in [-0.15, -0.1) is 0 Å². The molecule has 2 atom stereocenters. The number of hydrogen-bond donors (Lipinski definition) is 3. The highest BCUT2D eigenvalue weighted by Gasteiger charge is 2.27. The third-order valence-corrected chi connectivity index (χ3v) is 5.18. The van der Waals surface area contributed by atoms with E-state index in [2.05, 4.69) is 15.3 Å². The summed E-state index contributed by atoms with van der Waals surface area (Å²) in [6.45, 7) is 0.540. The maximum Gasteiger partial charge on any atom is 0.276 e. The lowest BCUT2D eigenvalue weighted by atomic mass is 10.0. The number of anilines is 3. The number of aromatic nitrogens is 2. The van der Waals surface area contributed by atoms with Crippen molar-refractivity contribution in [2.45, 2.75) is 18.6 Å². The van der Waals surface area contributed by atoms with Crippen molar-refractivity contribution >= 4 is 23.0 Å². The first-order chi connectivity index (χ1) is 15.3. The molecule has 166 valence electrons. The summed E-state index contributed by atoms with van der Waals surface area (Å²) in [4.78, 5) is 22.8. The molecule has 1 fully saturated rings. The van der Waals surface area contributed by atoms with Crippen LogP contribution in [0.25, 0.3) is 11.3 Å². The predicted molar refractivity (Wildman–Crippen MR) is 116 cm³/mol. The van der Waals surface area contributed by atoms with Crippen molar-refractivity contribution < 1.29 is 18.0 Å². The summed E-state index contributed by atoms with van der Waals surface area (Å²) < 4.78 is 42.4. The lowest BCUT2D eigenvalue weighted by molar-refractivity contribution is 0.102. The van der Waals surface area contributed by atoms with E-state index in [1.54, 1.807) is 11.0 Å². The fourth-order valence-corrected chi connectivity index (χ4v) is 3.75. The van der Waals surface area contributed by atoms with E-state index in [0.29, 0.717) is 17.9 Å². The second-order valence-electron chi connectivity index (χ2n) is 7.58. The molecule has 2 unspecified atom stereocenters. The maximum atomic E-state index is 14.2. The third-order valence-electron chi connectivity index (χ3n) is 5.18. The first kappa shape index (κ1) is 21.6. The Morgan fingerprint density at radius 3 is 2.59 bits per heavy atom. The van der Waals surface area contributed by atoms with Gasteiger partial charge in [0.2, 0.25) is 0 Å². The molecule has 1 amide bonds. The van der Waals surface area contributed by atoms with Crippen LogP contribution in [-0.2, 0) is 0 Å². The second kappa shape index (κ2) is 8.83. The Labute approximate surface area is 182 Å². The molecule has 10 heteroatoms. The smallest absolute Gasteiger partial charge is 0.276 e. The first-order valence-corrected chi connectivity index (χ1v) is 9.94. The molecule has 7 nitrogen and oxygen atoms in total. The Morgan fingerprint density at radius 2 is 1.88 bits per heavy atom. The lowest BCUT2D eigenvalue weighted by Crippen LogP contribution is -2.48. The van der Waals surface area contributed by atoms with Gasteiger partial charge in [-0.3, -0.25) is 9.78 Å². The van der Waals surface area contributed by atoms with Crippen LogP contribution in [0.5, 0.6) is 0 Å². The molecule has 1 aliphatic heterocycles. The summed E-state index contributed by atoms with van der Waals surface area (Å²) in [7, 11) is 0. The highest BCUT2D eigenvalue weighted by molar-refractivity contribution is 6.07. The molecule has 3 aromatic rings. The number of nitrogens with two attached hydrogens (primary N) is 2. The molecule has 2 aromatic heterocycles. The molecule has 1 saturated heterocycles. The Kier molecular flexibility index (Phi) is 5.95. The lowest BCUT2D eigenvalue weighted by Gasteiger charge is -2.35. The molecule has 32 heavy (non-hydrogen) atoms. The highest BCUT2D eigenvalue weighted by atomic mass is 19.1. The second-order valence-corrected chi connectivity index (χ2v) is 7.58. The zero-order valence-electron chi connectivity index (χ0n) is 16.9. The number of piperidine rings is 1. The summed E-state index contributed by atoms with van der Waals surface area (Å²) in [6, 6.07) is 7.41. The largest absolute Gasteiger partial charge is 0.397 e. The SMILES string of the molecule is Nc1ccc(-c2c(F)cccc2F)nc1C(=O)Nc1cnccc1N1CC(N)CC(F)C1. The van der Waals surface area contributed by atoms with Gasteiger partial charge in [-0.25, -0.2) is 18.2 Å². The number of rotatable bonds is 4. The van der Waals surface area contributed by atoms with Crippen LogP contribution < -0.4 is 21.7 Å². The zero-order valence-corrected chi connectivity index (χ0v) is 16.9.